The van der Waals surface area contributed by atoms with Crippen LogP contribution in [-0.2, 0) is 19.4 Å². The van der Waals surface area contributed by atoms with E-state index in [0.717, 1.165) is 31.8 Å². The number of hydrogen-bond donors (Lipinski definition) is 1. The van der Waals surface area contributed by atoms with Crippen LogP contribution in [0, 0.1) is 0 Å². The van der Waals surface area contributed by atoms with Crippen molar-refractivity contribution >= 4 is 0 Å². The highest BCUT2D eigenvalue weighted by Crippen LogP contribution is 2.22. The Morgan fingerprint density at radius 1 is 1.33 bits per heavy atom. The third kappa shape index (κ3) is 2.02. The topological polar surface area (TPSA) is 37.8 Å². The Kier molecular flexibility index (Phi) is 3.00. The van der Waals surface area contributed by atoms with Crippen molar-refractivity contribution in [3.8, 4) is 0 Å². The Morgan fingerprint density at radius 3 is 2.80 bits per heavy atom. The summed E-state index contributed by atoms with van der Waals surface area (Å²) in [6, 6.07) is 0. The molecule has 0 unspecified atom stereocenters. The molecule has 82 valence electrons. The first-order valence-corrected chi connectivity index (χ1v) is 5.81. The van der Waals surface area contributed by atoms with Crippen LogP contribution in [0.4, 0.5) is 0 Å². The van der Waals surface area contributed by atoms with Gasteiger partial charge in [-0.05, 0) is 5.92 Å². The molecule has 0 atom stereocenters. The first-order valence-electron chi connectivity index (χ1n) is 5.81. The Balaban J connectivity index is 2.50. The summed E-state index contributed by atoms with van der Waals surface area (Å²) in [4.78, 5) is 9.28. The van der Waals surface area contributed by atoms with Gasteiger partial charge in [0.15, 0.2) is 0 Å². The monoisotopic (exact) mass is 205 g/mol. The van der Waals surface area contributed by atoms with Gasteiger partial charge in [0.05, 0.1) is 11.4 Å². The molecule has 3 heteroatoms. The van der Waals surface area contributed by atoms with Crippen LogP contribution in [0.3, 0.4) is 0 Å². The zero-order chi connectivity index (χ0) is 10.8. The molecule has 1 aromatic heterocycles. The van der Waals surface area contributed by atoms with E-state index in [4.69, 9.17) is 0 Å². The fourth-order valence-corrected chi connectivity index (χ4v) is 2.06. The fraction of sp³-hybridized carbons (Fsp3) is 0.667. The molecule has 1 aromatic rings. The second-order valence-corrected chi connectivity index (χ2v) is 4.39. The Labute approximate surface area is 91.3 Å². The minimum atomic E-state index is 0.493. The van der Waals surface area contributed by atoms with Gasteiger partial charge in [-0.3, -0.25) is 0 Å². The molecule has 2 heterocycles. The molecule has 1 N–H and O–H groups in total. The van der Waals surface area contributed by atoms with Crippen molar-refractivity contribution in [2.75, 3.05) is 6.54 Å². The van der Waals surface area contributed by atoms with E-state index in [1.165, 1.54) is 17.0 Å². The molecule has 2 rings (SSSR count). The van der Waals surface area contributed by atoms with E-state index < -0.39 is 0 Å². The first kappa shape index (κ1) is 10.6. The van der Waals surface area contributed by atoms with Gasteiger partial charge in [0.25, 0.3) is 0 Å². The molecule has 3 nitrogen and oxygen atoms in total. The zero-order valence-corrected chi connectivity index (χ0v) is 9.80. The van der Waals surface area contributed by atoms with E-state index >= 15 is 0 Å². The molecule has 0 aromatic carbocycles. The van der Waals surface area contributed by atoms with Crippen molar-refractivity contribution in [2.45, 2.75) is 46.1 Å². The Bertz CT molecular complexity index is 358. The standard InChI is InChI=1S/C12H19N3/c1-4-11-14-10-5-6-13-7-9(10)12(15-11)8(2)3/h8,13H,4-7H2,1-3H3. The van der Waals surface area contributed by atoms with E-state index in [-0.39, 0.29) is 0 Å². The van der Waals surface area contributed by atoms with Gasteiger partial charge in [-0.25, -0.2) is 9.97 Å². The largest absolute Gasteiger partial charge is 0.312 e. The van der Waals surface area contributed by atoms with Crippen molar-refractivity contribution in [1.82, 2.24) is 15.3 Å². The van der Waals surface area contributed by atoms with E-state index in [2.05, 4.69) is 36.1 Å². The highest BCUT2D eigenvalue weighted by atomic mass is 14.9. The van der Waals surface area contributed by atoms with Crippen LogP contribution in [0.1, 0.15) is 49.5 Å². The summed E-state index contributed by atoms with van der Waals surface area (Å²) in [5.74, 6) is 1.49. The Hall–Kier alpha value is -0.960. The van der Waals surface area contributed by atoms with Crippen LogP contribution in [0.5, 0.6) is 0 Å². The maximum Gasteiger partial charge on any atom is 0.128 e. The van der Waals surface area contributed by atoms with Crippen molar-refractivity contribution in [3.05, 3.63) is 22.8 Å². The normalized spacial score (nSPS) is 15.5. The average Bonchev–Trinajstić information content (AvgIpc) is 2.27. The zero-order valence-electron chi connectivity index (χ0n) is 9.80. The molecule has 0 radical (unpaired) electrons. The summed E-state index contributed by atoms with van der Waals surface area (Å²) in [6.45, 7) is 8.51. The van der Waals surface area contributed by atoms with Gasteiger partial charge in [-0.15, -0.1) is 0 Å². The van der Waals surface area contributed by atoms with Crippen LogP contribution in [0.15, 0.2) is 0 Å². The van der Waals surface area contributed by atoms with Gasteiger partial charge < -0.3 is 5.32 Å². The molecule has 0 saturated heterocycles. The van der Waals surface area contributed by atoms with Crippen molar-refractivity contribution in [2.24, 2.45) is 0 Å². The molecular formula is C12H19N3. The molecule has 15 heavy (non-hydrogen) atoms. The van der Waals surface area contributed by atoms with Gasteiger partial charge in [0.2, 0.25) is 0 Å². The maximum absolute atomic E-state index is 4.65. The van der Waals surface area contributed by atoms with Crippen LogP contribution in [0.25, 0.3) is 0 Å². The van der Waals surface area contributed by atoms with Crippen molar-refractivity contribution in [1.29, 1.82) is 0 Å². The third-order valence-electron chi connectivity index (χ3n) is 2.87. The fourth-order valence-electron chi connectivity index (χ4n) is 2.06. The van der Waals surface area contributed by atoms with E-state index in [0.29, 0.717) is 5.92 Å². The van der Waals surface area contributed by atoms with Crippen molar-refractivity contribution < 1.29 is 0 Å². The Morgan fingerprint density at radius 2 is 2.13 bits per heavy atom. The lowest BCUT2D eigenvalue weighted by molar-refractivity contribution is 0.601. The molecular weight excluding hydrogens is 186 g/mol. The molecule has 1 aliphatic heterocycles. The number of rotatable bonds is 2. The lowest BCUT2D eigenvalue weighted by atomic mass is 9.98. The van der Waals surface area contributed by atoms with Gasteiger partial charge in [-0.1, -0.05) is 20.8 Å². The highest BCUT2D eigenvalue weighted by Gasteiger charge is 2.18. The lowest BCUT2D eigenvalue weighted by Gasteiger charge is -2.21. The number of aryl methyl sites for hydroxylation is 1. The molecule has 0 aliphatic carbocycles. The van der Waals surface area contributed by atoms with Gasteiger partial charge in [-0.2, -0.15) is 0 Å². The second-order valence-electron chi connectivity index (χ2n) is 4.39. The minimum absolute atomic E-state index is 0.493. The summed E-state index contributed by atoms with van der Waals surface area (Å²) in [5, 5.41) is 3.39. The molecule has 0 amide bonds. The average molecular weight is 205 g/mol. The van der Waals surface area contributed by atoms with Gasteiger partial charge in [0.1, 0.15) is 5.82 Å². The van der Waals surface area contributed by atoms with E-state index in [9.17, 15) is 0 Å². The van der Waals surface area contributed by atoms with E-state index in [1.54, 1.807) is 0 Å². The van der Waals surface area contributed by atoms with Crippen LogP contribution >= 0.6 is 0 Å². The van der Waals surface area contributed by atoms with E-state index in [1.807, 2.05) is 0 Å². The number of fused-ring (bicyclic) bond motifs is 1. The van der Waals surface area contributed by atoms with Crippen molar-refractivity contribution in [3.63, 3.8) is 0 Å². The minimum Gasteiger partial charge on any atom is -0.312 e. The molecule has 0 spiro atoms. The van der Waals surface area contributed by atoms with Gasteiger partial charge >= 0.3 is 0 Å². The number of hydrogen-bond acceptors (Lipinski definition) is 3. The van der Waals surface area contributed by atoms with Crippen LogP contribution in [0.2, 0.25) is 0 Å². The molecule has 1 aliphatic rings. The highest BCUT2D eigenvalue weighted by molar-refractivity contribution is 5.30. The maximum atomic E-state index is 4.65. The third-order valence-corrected chi connectivity index (χ3v) is 2.87. The van der Waals surface area contributed by atoms with Crippen LogP contribution < -0.4 is 5.32 Å². The lowest BCUT2D eigenvalue weighted by Crippen LogP contribution is -2.27. The molecule has 0 saturated carbocycles. The quantitative estimate of drug-likeness (QED) is 0.800. The number of aromatic nitrogens is 2. The summed E-state index contributed by atoms with van der Waals surface area (Å²) >= 11 is 0. The molecule has 0 fully saturated rings. The smallest absolute Gasteiger partial charge is 0.128 e. The second kappa shape index (κ2) is 4.27. The summed E-state index contributed by atoms with van der Waals surface area (Å²) in [7, 11) is 0. The van der Waals surface area contributed by atoms with Gasteiger partial charge in [0, 0.05) is 31.5 Å². The number of nitrogens with one attached hydrogen (secondary N) is 1. The first-order chi connectivity index (χ1) is 7.22. The van der Waals surface area contributed by atoms with Crippen LogP contribution in [-0.4, -0.2) is 16.5 Å². The SMILES string of the molecule is CCc1nc2c(c(C(C)C)n1)CNCC2. The summed E-state index contributed by atoms with van der Waals surface area (Å²) in [5.41, 5.74) is 3.85. The summed E-state index contributed by atoms with van der Waals surface area (Å²) in [6.07, 6.45) is 1.98. The predicted molar refractivity (Wildman–Crippen MR) is 60.9 cm³/mol. The predicted octanol–water partition coefficient (Wildman–Crippen LogP) is 1.81. The summed E-state index contributed by atoms with van der Waals surface area (Å²) < 4.78 is 0. The number of nitrogens with zero attached hydrogens (tertiary/aromatic N) is 2. The molecule has 0 bridgehead atoms.